The number of hydrogen-bond donors (Lipinski definition) is 2. The van der Waals surface area contributed by atoms with Crippen LogP contribution in [0.5, 0.6) is 5.88 Å². The number of fused-ring (bicyclic) bond motifs is 1. The molecular formula is C22H27N5O3. The van der Waals surface area contributed by atoms with Crippen molar-refractivity contribution in [2.24, 2.45) is 11.7 Å². The largest absolute Gasteiger partial charge is 0.472 e. The summed E-state index contributed by atoms with van der Waals surface area (Å²) in [5.74, 6) is 0.750. The minimum Gasteiger partial charge on any atom is -0.472 e. The number of primary amides is 1. The van der Waals surface area contributed by atoms with Crippen molar-refractivity contribution in [3.05, 3.63) is 41.7 Å². The third kappa shape index (κ3) is 4.08. The first kappa shape index (κ1) is 20.1. The van der Waals surface area contributed by atoms with Crippen LogP contribution < -0.4 is 21.1 Å². The summed E-state index contributed by atoms with van der Waals surface area (Å²) in [5, 5.41) is 0. The number of aromatic nitrogens is 2. The first-order valence-corrected chi connectivity index (χ1v) is 10.4. The van der Waals surface area contributed by atoms with Gasteiger partial charge in [-0.15, -0.1) is 0 Å². The Morgan fingerprint density at radius 3 is 2.53 bits per heavy atom. The second kappa shape index (κ2) is 8.30. The van der Waals surface area contributed by atoms with E-state index in [9.17, 15) is 9.59 Å². The van der Waals surface area contributed by atoms with E-state index >= 15 is 0 Å². The standard InChI is InChI=1S/C22H27N5O3/c1-13-11-27(22(29)19-20(24)25-12-26-21(19)30-13)17-8-6-16(7-9-17)15-4-2-14(3-5-15)10-18(23)28/h6-9,12-15H,2-5,10-11H2,1H3,(H2,23,28)(H2,24,25,26)/t13-,14-,15-/m1/s1. The van der Waals surface area contributed by atoms with Crippen molar-refractivity contribution in [3.8, 4) is 5.88 Å². The van der Waals surface area contributed by atoms with Gasteiger partial charge in [-0.05, 0) is 62.1 Å². The summed E-state index contributed by atoms with van der Waals surface area (Å²) < 4.78 is 5.79. The lowest BCUT2D eigenvalue weighted by molar-refractivity contribution is -0.119. The average Bonchev–Trinajstić information content (AvgIpc) is 2.85. The van der Waals surface area contributed by atoms with Gasteiger partial charge in [0, 0.05) is 12.1 Å². The van der Waals surface area contributed by atoms with E-state index in [0.29, 0.717) is 24.8 Å². The minimum atomic E-state index is -0.257. The lowest BCUT2D eigenvalue weighted by atomic mass is 9.77. The zero-order valence-electron chi connectivity index (χ0n) is 17.1. The van der Waals surface area contributed by atoms with Crippen LogP contribution in [0.15, 0.2) is 30.6 Å². The molecule has 8 heteroatoms. The fraction of sp³-hybridized carbons (Fsp3) is 0.455. The van der Waals surface area contributed by atoms with Crippen molar-refractivity contribution in [2.45, 2.75) is 51.0 Å². The second-order valence-corrected chi connectivity index (χ2v) is 8.26. The molecular weight excluding hydrogens is 382 g/mol. The van der Waals surface area contributed by atoms with E-state index in [1.165, 1.54) is 11.9 Å². The average molecular weight is 409 g/mol. The Bertz CT molecular complexity index is 938. The Morgan fingerprint density at radius 2 is 1.87 bits per heavy atom. The lowest BCUT2D eigenvalue weighted by Gasteiger charge is -2.29. The molecule has 4 N–H and O–H groups in total. The number of nitrogens with two attached hydrogens (primary N) is 2. The predicted molar refractivity (Wildman–Crippen MR) is 113 cm³/mol. The summed E-state index contributed by atoms with van der Waals surface area (Å²) in [6, 6.07) is 8.12. The Labute approximate surface area is 175 Å². The van der Waals surface area contributed by atoms with Crippen molar-refractivity contribution in [3.63, 3.8) is 0 Å². The van der Waals surface area contributed by atoms with Gasteiger partial charge in [0.05, 0.1) is 6.54 Å². The molecule has 158 valence electrons. The Kier molecular flexibility index (Phi) is 5.57. The molecule has 1 fully saturated rings. The molecule has 2 heterocycles. The summed E-state index contributed by atoms with van der Waals surface area (Å²) in [6.07, 6.45) is 5.69. The summed E-state index contributed by atoms with van der Waals surface area (Å²) in [6.45, 7) is 2.29. The lowest BCUT2D eigenvalue weighted by Crippen LogP contribution is -2.36. The SMILES string of the molecule is C[C@@H]1CN(c2ccc([C@H]3CC[C@H](CC(N)=O)CC3)cc2)C(=O)c2c(N)ncnc2O1. The Morgan fingerprint density at radius 1 is 1.17 bits per heavy atom. The number of benzene rings is 1. The number of anilines is 2. The maximum atomic E-state index is 13.2. The Hall–Kier alpha value is -3.16. The highest BCUT2D eigenvalue weighted by atomic mass is 16.5. The number of hydrogen-bond acceptors (Lipinski definition) is 6. The van der Waals surface area contributed by atoms with Crippen LogP contribution in [0.25, 0.3) is 0 Å². The van der Waals surface area contributed by atoms with Crippen LogP contribution in [-0.2, 0) is 4.79 Å². The number of nitrogen functional groups attached to an aromatic ring is 1. The van der Waals surface area contributed by atoms with Gasteiger partial charge in [0.1, 0.15) is 23.8 Å². The summed E-state index contributed by atoms with van der Waals surface area (Å²) >= 11 is 0. The summed E-state index contributed by atoms with van der Waals surface area (Å²) in [4.78, 5) is 34.0. The monoisotopic (exact) mass is 409 g/mol. The van der Waals surface area contributed by atoms with Gasteiger partial charge in [-0.3, -0.25) is 9.59 Å². The van der Waals surface area contributed by atoms with Crippen molar-refractivity contribution in [1.29, 1.82) is 0 Å². The normalized spacial score (nSPS) is 24.0. The van der Waals surface area contributed by atoms with E-state index in [2.05, 4.69) is 22.1 Å². The fourth-order valence-electron chi connectivity index (χ4n) is 4.51. The van der Waals surface area contributed by atoms with E-state index in [0.717, 1.165) is 31.4 Å². The molecule has 30 heavy (non-hydrogen) atoms. The van der Waals surface area contributed by atoms with Crippen LogP contribution in [0.2, 0.25) is 0 Å². The highest BCUT2D eigenvalue weighted by molar-refractivity contribution is 6.10. The predicted octanol–water partition coefficient (Wildman–Crippen LogP) is 2.64. The van der Waals surface area contributed by atoms with Crippen LogP contribution in [0, 0.1) is 5.92 Å². The van der Waals surface area contributed by atoms with Gasteiger partial charge in [0.15, 0.2) is 0 Å². The number of carbonyl (C=O) groups excluding carboxylic acids is 2. The molecule has 0 bridgehead atoms. The van der Waals surface area contributed by atoms with Gasteiger partial charge < -0.3 is 21.1 Å². The van der Waals surface area contributed by atoms with E-state index < -0.39 is 0 Å². The van der Waals surface area contributed by atoms with Gasteiger partial charge in [-0.2, -0.15) is 0 Å². The maximum absolute atomic E-state index is 13.2. The molecule has 2 aliphatic rings. The molecule has 1 aromatic heterocycles. The Balaban J connectivity index is 1.51. The van der Waals surface area contributed by atoms with E-state index in [-0.39, 0.29) is 35.2 Å². The van der Waals surface area contributed by atoms with Crippen molar-refractivity contribution < 1.29 is 14.3 Å². The summed E-state index contributed by atoms with van der Waals surface area (Å²) in [7, 11) is 0. The molecule has 0 radical (unpaired) electrons. The third-order valence-electron chi connectivity index (χ3n) is 6.07. The zero-order chi connectivity index (χ0) is 21.3. The first-order chi connectivity index (χ1) is 14.4. The molecule has 2 aromatic rings. The number of rotatable bonds is 4. The van der Waals surface area contributed by atoms with Gasteiger partial charge in [-0.1, -0.05) is 12.1 Å². The quantitative estimate of drug-likeness (QED) is 0.800. The topological polar surface area (TPSA) is 124 Å². The zero-order valence-corrected chi connectivity index (χ0v) is 17.1. The second-order valence-electron chi connectivity index (χ2n) is 8.26. The molecule has 0 spiro atoms. The highest BCUT2D eigenvalue weighted by Gasteiger charge is 2.31. The van der Waals surface area contributed by atoms with E-state index in [1.54, 1.807) is 4.90 Å². The molecule has 8 nitrogen and oxygen atoms in total. The minimum absolute atomic E-state index is 0.119. The molecule has 2 amide bonds. The molecule has 1 saturated carbocycles. The highest BCUT2D eigenvalue weighted by Crippen LogP contribution is 2.38. The fourth-order valence-corrected chi connectivity index (χ4v) is 4.51. The third-order valence-corrected chi connectivity index (χ3v) is 6.07. The van der Waals surface area contributed by atoms with Crippen LogP contribution in [0.4, 0.5) is 11.5 Å². The number of ether oxygens (including phenoxy) is 1. The molecule has 1 aliphatic heterocycles. The molecule has 1 aromatic carbocycles. The number of amides is 2. The van der Waals surface area contributed by atoms with Crippen molar-refractivity contribution in [2.75, 3.05) is 17.2 Å². The molecule has 0 saturated heterocycles. The van der Waals surface area contributed by atoms with Crippen LogP contribution in [0.1, 0.15) is 60.9 Å². The molecule has 4 rings (SSSR count). The van der Waals surface area contributed by atoms with Gasteiger partial charge in [-0.25, -0.2) is 9.97 Å². The van der Waals surface area contributed by atoms with Crippen molar-refractivity contribution >= 4 is 23.3 Å². The van der Waals surface area contributed by atoms with Crippen molar-refractivity contribution in [1.82, 2.24) is 9.97 Å². The maximum Gasteiger partial charge on any atom is 0.267 e. The van der Waals surface area contributed by atoms with Crippen LogP contribution in [-0.4, -0.2) is 34.4 Å². The first-order valence-electron chi connectivity index (χ1n) is 10.4. The van der Waals surface area contributed by atoms with Crippen LogP contribution in [0.3, 0.4) is 0 Å². The van der Waals surface area contributed by atoms with Gasteiger partial charge in [0.25, 0.3) is 5.91 Å². The molecule has 1 aliphatic carbocycles. The summed E-state index contributed by atoms with van der Waals surface area (Å²) in [5.41, 5.74) is 13.5. The number of carbonyl (C=O) groups is 2. The smallest absolute Gasteiger partial charge is 0.267 e. The van der Waals surface area contributed by atoms with Gasteiger partial charge in [0.2, 0.25) is 11.8 Å². The molecule has 0 unspecified atom stereocenters. The number of nitrogens with zero attached hydrogens (tertiary/aromatic N) is 3. The van der Waals surface area contributed by atoms with E-state index in [4.69, 9.17) is 16.2 Å². The van der Waals surface area contributed by atoms with Crippen LogP contribution >= 0.6 is 0 Å². The molecule has 1 atom stereocenters. The van der Waals surface area contributed by atoms with E-state index in [1.807, 2.05) is 19.1 Å². The van der Waals surface area contributed by atoms with Gasteiger partial charge >= 0.3 is 0 Å².